The zero-order chi connectivity index (χ0) is 12.0. The molecule has 0 aliphatic carbocycles. The Kier molecular flexibility index (Phi) is 5.50. The highest BCUT2D eigenvalue weighted by Crippen LogP contribution is 2.10. The van der Waals surface area contributed by atoms with Gasteiger partial charge in [-0.3, -0.25) is 0 Å². The number of hydrogen-bond acceptors (Lipinski definition) is 2. The number of nitrogens with two attached hydrogens (primary N) is 1. The van der Waals surface area contributed by atoms with Crippen LogP contribution in [0.1, 0.15) is 31.9 Å². The van der Waals surface area contributed by atoms with Gasteiger partial charge < -0.3 is 10.6 Å². The fourth-order valence-electron chi connectivity index (χ4n) is 2.05. The molecule has 1 rings (SSSR count). The van der Waals surface area contributed by atoms with E-state index < -0.39 is 0 Å². The van der Waals surface area contributed by atoms with E-state index in [1.54, 1.807) is 0 Å². The second-order valence-corrected chi connectivity index (χ2v) is 4.45. The van der Waals surface area contributed by atoms with Crippen molar-refractivity contribution in [1.82, 2.24) is 4.90 Å². The maximum absolute atomic E-state index is 5.74. The Labute approximate surface area is 99.5 Å². The predicted molar refractivity (Wildman–Crippen MR) is 70.4 cm³/mol. The van der Waals surface area contributed by atoms with E-state index in [1.807, 2.05) is 0 Å². The van der Waals surface area contributed by atoms with Crippen molar-refractivity contribution in [1.29, 1.82) is 0 Å². The third-order valence-electron chi connectivity index (χ3n) is 3.14. The molecular formula is C14H24N2. The van der Waals surface area contributed by atoms with Crippen molar-refractivity contribution in [3.8, 4) is 0 Å². The molecule has 0 aromatic heterocycles. The molecule has 16 heavy (non-hydrogen) atoms. The van der Waals surface area contributed by atoms with Crippen LogP contribution in [0.15, 0.2) is 24.3 Å². The molecule has 0 radical (unpaired) electrons. The molecule has 0 spiro atoms. The molecule has 0 unspecified atom stereocenters. The summed E-state index contributed by atoms with van der Waals surface area (Å²) in [7, 11) is 0. The van der Waals surface area contributed by atoms with Gasteiger partial charge in [-0.2, -0.15) is 0 Å². The monoisotopic (exact) mass is 220 g/mol. The largest absolute Gasteiger partial charge is 0.326 e. The summed E-state index contributed by atoms with van der Waals surface area (Å²) in [5, 5.41) is 0. The quantitative estimate of drug-likeness (QED) is 0.797. The molecule has 0 amide bonds. The van der Waals surface area contributed by atoms with Crippen LogP contribution in [0, 0.1) is 0 Å². The topological polar surface area (TPSA) is 29.3 Å². The minimum Gasteiger partial charge on any atom is -0.326 e. The molecule has 0 aliphatic heterocycles. The van der Waals surface area contributed by atoms with Crippen LogP contribution in [-0.2, 0) is 13.0 Å². The summed E-state index contributed by atoms with van der Waals surface area (Å²) >= 11 is 0. The zero-order valence-electron chi connectivity index (χ0n) is 10.7. The first kappa shape index (κ1) is 13.2. The third-order valence-corrected chi connectivity index (χ3v) is 3.14. The lowest BCUT2D eigenvalue weighted by Crippen LogP contribution is -2.32. The smallest absolute Gasteiger partial charge is 0.0180 e. The Morgan fingerprint density at radius 1 is 1.19 bits per heavy atom. The molecule has 1 aromatic carbocycles. The first-order valence-corrected chi connectivity index (χ1v) is 6.20. The fraction of sp³-hybridized carbons (Fsp3) is 0.571. The number of rotatable bonds is 6. The Morgan fingerprint density at radius 2 is 1.81 bits per heavy atom. The van der Waals surface area contributed by atoms with Gasteiger partial charge in [0.2, 0.25) is 0 Å². The van der Waals surface area contributed by atoms with E-state index >= 15 is 0 Å². The van der Waals surface area contributed by atoms with Crippen LogP contribution in [0.25, 0.3) is 0 Å². The second-order valence-electron chi connectivity index (χ2n) is 4.45. The lowest BCUT2D eigenvalue weighted by molar-refractivity contribution is 0.236. The molecule has 0 atom stereocenters. The summed E-state index contributed by atoms with van der Waals surface area (Å²) in [5.74, 6) is 0. The SMILES string of the molecule is CCN(CCc1ccccc1CN)C(C)C. The van der Waals surface area contributed by atoms with Gasteiger partial charge in [0.15, 0.2) is 0 Å². The maximum Gasteiger partial charge on any atom is 0.0180 e. The number of hydrogen-bond donors (Lipinski definition) is 1. The minimum atomic E-state index is 0.620. The molecule has 2 heteroatoms. The molecule has 0 saturated carbocycles. The normalized spacial score (nSPS) is 11.4. The Bertz CT molecular complexity index is 307. The molecule has 0 aliphatic rings. The second kappa shape index (κ2) is 6.66. The first-order valence-electron chi connectivity index (χ1n) is 6.20. The summed E-state index contributed by atoms with van der Waals surface area (Å²) in [5.41, 5.74) is 8.41. The third kappa shape index (κ3) is 3.62. The lowest BCUT2D eigenvalue weighted by Gasteiger charge is -2.25. The van der Waals surface area contributed by atoms with Gasteiger partial charge >= 0.3 is 0 Å². The van der Waals surface area contributed by atoms with Gasteiger partial charge in [-0.25, -0.2) is 0 Å². The molecule has 0 saturated heterocycles. The van der Waals surface area contributed by atoms with Gasteiger partial charge in [-0.1, -0.05) is 31.2 Å². The van der Waals surface area contributed by atoms with Gasteiger partial charge in [-0.05, 0) is 37.9 Å². The van der Waals surface area contributed by atoms with E-state index in [0.29, 0.717) is 12.6 Å². The van der Waals surface area contributed by atoms with Crippen molar-refractivity contribution in [2.24, 2.45) is 5.73 Å². The standard InChI is InChI=1S/C14H24N2/c1-4-16(12(2)3)10-9-13-7-5-6-8-14(13)11-15/h5-8,12H,4,9-11,15H2,1-3H3. The molecule has 90 valence electrons. The van der Waals surface area contributed by atoms with Gasteiger partial charge in [0, 0.05) is 19.1 Å². The number of benzene rings is 1. The Balaban J connectivity index is 2.59. The number of likely N-dealkylation sites (N-methyl/N-ethyl adjacent to an activating group) is 1. The lowest BCUT2D eigenvalue weighted by atomic mass is 10.0. The first-order chi connectivity index (χ1) is 7.69. The van der Waals surface area contributed by atoms with Crippen molar-refractivity contribution in [2.45, 2.75) is 39.8 Å². The van der Waals surface area contributed by atoms with Crippen LogP contribution in [0.2, 0.25) is 0 Å². The highest BCUT2D eigenvalue weighted by Gasteiger charge is 2.07. The minimum absolute atomic E-state index is 0.620. The van der Waals surface area contributed by atoms with E-state index in [0.717, 1.165) is 19.5 Å². The summed E-state index contributed by atoms with van der Waals surface area (Å²) in [6, 6.07) is 9.10. The van der Waals surface area contributed by atoms with Crippen LogP contribution >= 0.6 is 0 Å². The molecule has 1 aromatic rings. The van der Waals surface area contributed by atoms with Crippen molar-refractivity contribution >= 4 is 0 Å². The van der Waals surface area contributed by atoms with Crippen LogP contribution in [0.4, 0.5) is 0 Å². The zero-order valence-corrected chi connectivity index (χ0v) is 10.7. The van der Waals surface area contributed by atoms with Gasteiger partial charge in [0.1, 0.15) is 0 Å². The highest BCUT2D eigenvalue weighted by atomic mass is 15.1. The summed E-state index contributed by atoms with van der Waals surface area (Å²) in [6.07, 6.45) is 1.10. The van der Waals surface area contributed by atoms with E-state index in [2.05, 4.69) is 49.9 Å². The maximum atomic E-state index is 5.74. The Morgan fingerprint density at radius 3 is 2.31 bits per heavy atom. The van der Waals surface area contributed by atoms with Crippen molar-refractivity contribution < 1.29 is 0 Å². The molecule has 0 bridgehead atoms. The van der Waals surface area contributed by atoms with Crippen LogP contribution in [-0.4, -0.2) is 24.0 Å². The number of nitrogens with zero attached hydrogens (tertiary/aromatic N) is 1. The summed E-state index contributed by atoms with van der Waals surface area (Å²) in [4.78, 5) is 2.48. The van der Waals surface area contributed by atoms with E-state index in [1.165, 1.54) is 11.1 Å². The van der Waals surface area contributed by atoms with Gasteiger partial charge in [0.25, 0.3) is 0 Å². The van der Waals surface area contributed by atoms with Crippen molar-refractivity contribution in [3.05, 3.63) is 35.4 Å². The molecule has 2 nitrogen and oxygen atoms in total. The summed E-state index contributed by atoms with van der Waals surface area (Å²) < 4.78 is 0. The average Bonchev–Trinajstić information content (AvgIpc) is 2.30. The van der Waals surface area contributed by atoms with Crippen molar-refractivity contribution in [2.75, 3.05) is 13.1 Å². The highest BCUT2D eigenvalue weighted by molar-refractivity contribution is 5.27. The van der Waals surface area contributed by atoms with Gasteiger partial charge in [-0.15, -0.1) is 0 Å². The molecule has 2 N–H and O–H groups in total. The predicted octanol–water partition coefficient (Wildman–Crippen LogP) is 2.42. The average molecular weight is 220 g/mol. The molecule has 0 heterocycles. The van der Waals surface area contributed by atoms with Crippen LogP contribution in [0.3, 0.4) is 0 Å². The molecule has 0 fully saturated rings. The van der Waals surface area contributed by atoms with Crippen LogP contribution in [0.5, 0.6) is 0 Å². The van der Waals surface area contributed by atoms with E-state index in [-0.39, 0.29) is 0 Å². The fourth-order valence-corrected chi connectivity index (χ4v) is 2.05. The molecular weight excluding hydrogens is 196 g/mol. The Hall–Kier alpha value is -0.860. The van der Waals surface area contributed by atoms with Gasteiger partial charge in [0.05, 0.1) is 0 Å². The van der Waals surface area contributed by atoms with E-state index in [4.69, 9.17) is 5.73 Å². The summed E-state index contributed by atoms with van der Waals surface area (Å²) in [6.45, 7) is 9.59. The van der Waals surface area contributed by atoms with Crippen LogP contribution < -0.4 is 5.73 Å². The van der Waals surface area contributed by atoms with Crippen molar-refractivity contribution in [3.63, 3.8) is 0 Å². The van der Waals surface area contributed by atoms with E-state index in [9.17, 15) is 0 Å².